The number of amides is 2. The van der Waals surface area contributed by atoms with Gasteiger partial charge < -0.3 is 15.4 Å². The lowest BCUT2D eigenvalue weighted by Gasteiger charge is -2.13. The van der Waals surface area contributed by atoms with Crippen molar-refractivity contribution in [3.63, 3.8) is 0 Å². The molecular formula is C23H21N3O5S. The van der Waals surface area contributed by atoms with Crippen molar-refractivity contribution in [2.75, 3.05) is 17.7 Å². The van der Waals surface area contributed by atoms with Crippen LogP contribution in [0.2, 0.25) is 0 Å². The van der Waals surface area contributed by atoms with Crippen LogP contribution in [-0.2, 0) is 4.79 Å². The summed E-state index contributed by atoms with van der Waals surface area (Å²) in [5, 5.41) is 16.1. The van der Waals surface area contributed by atoms with Crippen LogP contribution in [0.25, 0.3) is 0 Å². The van der Waals surface area contributed by atoms with Crippen molar-refractivity contribution < 1.29 is 19.2 Å². The summed E-state index contributed by atoms with van der Waals surface area (Å²) in [6.45, 7) is 1.80. The molecule has 8 nitrogen and oxygen atoms in total. The van der Waals surface area contributed by atoms with Crippen molar-refractivity contribution in [1.82, 2.24) is 0 Å². The standard InChI is InChI=1S/C23H21N3O5S/c1-15(22(27)25-18-6-4-8-20(14-18)31-2)32-21-11-9-17(10-12-21)24-23(28)16-5-3-7-19(13-16)26(29)30/h3-15H,1-2H3,(H,24,28)(H,25,27). The van der Waals surface area contributed by atoms with Gasteiger partial charge in [0.15, 0.2) is 0 Å². The number of carbonyl (C=O) groups excluding carboxylic acids is 2. The molecule has 0 fully saturated rings. The molecule has 0 aliphatic rings. The Kier molecular flexibility index (Phi) is 7.45. The molecule has 2 N–H and O–H groups in total. The van der Waals surface area contributed by atoms with E-state index in [1.807, 2.05) is 0 Å². The summed E-state index contributed by atoms with van der Waals surface area (Å²) in [6.07, 6.45) is 0. The Morgan fingerprint density at radius 1 is 0.969 bits per heavy atom. The van der Waals surface area contributed by atoms with Crippen LogP contribution in [0.5, 0.6) is 5.75 Å². The van der Waals surface area contributed by atoms with Gasteiger partial charge in [0, 0.05) is 40.0 Å². The number of ether oxygens (including phenoxy) is 1. The Morgan fingerprint density at radius 3 is 2.38 bits per heavy atom. The molecule has 0 saturated heterocycles. The van der Waals surface area contributed by atoms with E-state index in [1.165, 1.54) is 36.0 Å². The van der Waals surface area contributed by atoms with Crippen molar-refractivity contribution in [3.05, 3.63) is 88.5 Å². The molecule has 0 saturated carbocycles. The third-order valence-corrected chi connectivity index (χ3v) is 5.56. The largest absolute Gasteiger partial charge is 0.497 e. The maximum atomic E-state index is 12.5. The Balaban J connectivity index is 1.58. The molecule has 0 aromatic heterocycles. The Bertz CT molecular complexity index is 1130. The smallest absolute Gasteiger partial charge is 0.270 e. The number of anilines is 2. The lowest BCUT2D eigenvalue weighted by atomic mass is 10.2. The maximum Gasteiger partial charge on any atom is 0.270 e. The van der Waals surface area contributed by atoms with Crippen molar-refractivity contribution in [2.45, 2.75) is 17.1 Å². The minimum Gasteiger partial charge on any atom is -0.497 e. The summed E-state index contributed by atoms with van der Waals surface area (Å²) < 4.78 is 5.16. The van der Waals surface area contributed by atoms with Crippen molar-refractivity contribution in [1.29, 1.82) is 0 Å². The van der Waals surface area contributed by atoms with Crippen molar-refractivity contribution >= 4 is 40.6 Å². The van der Waals surface area contributed by atoms with Crippen LogP contribution in [-0.4, -0.2) is 29.1 Å². The number of hydrogen-bond donors (Lipinski definition) is 2. The molecule has 0 aliphatic heterocycles. The number of thioether (sulfide) groups is 1. The predicted molar refractivity (Wildman–Crippen MR) is 124 cm³/mol. The zero-order valence-electron chi connectivity index (χ0n) is 17.4. The predicted octanol–water partition coefficient (Wildman–Crippen LogP) is 4.98. The van der Waals surface area contributed by atoms with Crippen molar-refractivity contribution in [2.24, 2.45) is 0 Å². The molecule has 32 heavy (non-hydrogen) atoms. The quantitative estimate of drug-likeness (QED) is 0.284. The molecule has 0 spiro atoms. The van der Waals surface area contributed by atoms with Gasteiger partial charge in [-0.2, -0.15) is 0 Å². The molecule has 0 bridgehead atoms. The van der Waals surface area contributed by atoms with Crippen LogP contribution in [0.4, 0.5) is 17.1 Å². The highest BCUT2D eigenvalue weighted by Crippen LogP contribution is 2.26. The van der Waals surface area contributed by atoms with E-state index in [2.05, 4.69) is 10.6 Å². The van der Waals surface area contributed by atoms with Crippen molar-refractivity contribution in [3.8, 4) is 5.75 Å². The molecule has 2 amide bonds. The molecule has 0 heterocycles. The zero-order chi connectivity index (χ0) is 23.1. The van der Waals surface area contributed by atoms with Crippen LogP contribution >= 0.6 is 11.8 Å². The highest BCUT2D eigenvalue weighted by atomic mass is 32.2. The zero-order valence-corrected chi connectivity index (χ0v) is 18.2. The second-order valence-corrected chi connectivity index (χ2v) is 8.18. The number of rotatable bonds is 8. The highest BCUT2D eigenvalue weighted by molar-refractivity contribution is 8.00. The van der Waals surface area contributed by atoms with E-state index in [1.54, 1.807) is 62.6 Å². The summed E-state index contributed by atoms with van der Waals surface area (Å²) in [4.78, 5) is 36.0. The first-order valence-electron chi connectivity index (χ1n) is 9.63. The lowest BCUT2D eigenvalue weighted by Crippen LogP contribution is -2.22. The van der Waals surface area contributed by atoms with Gasteiger partial charge in [0.25, 0.3) is 11.6 Å². The summed E-state index contributed by atoms with van der Waals surface area (Å²) in [6, 6.07) is 19.7. The number of methoxy groups -OCH3 is 1. The van der Waals surface area contributed by atoms with Gasteiger partial charge in [-0.3, -0.25) is 19.7 Å². The van der Waals surface area contributed by atoms with Gasteiger partial charge >= 0.3 is 0 Å². The highest BCUT2D eigenvalue weighted by Gasteiger charge is 2.16. The SMILES string of the molecule is COc1cccc(NC(=O)C(C)Sc2ccc(NC(=O)c3cccc([N+](=O)[O-])c3)cc2)c1. The van der Waals surface area contributed by atoms with Gasteiger partial charge in [-0.15, -0.1) is 11.8 Å². The molecule has 0 aliphatic carbocycles. The third-order valence-electron chi connectivity index (χ3n) is 4.45. The molecule has 0 radical (unpaired) electrons. The van der Waals surface area contributed by atoms with E-state index in [-0.39, 0.29) is 22.4 Å². The lowest BCUT2D eigenvalue weighted by molar-refractivity contribution is -0.384. The number of non-ortho nitro benzene ring substituents is 1. The summed E-state index contributed by atoms with van der Waals surface area (Å²) >= 11 is 1.38. The molecule has 3 aromatic rings. The van der Waals surface area contributed by atoms with E-state index in [4.69, 9.17) is 4.74 Å². The van der Waals surface area contributed by atoms with E-state index in [9.17, 15) is 19.7 Å². The number of benzene rings is 3. The number of nitrogens with zero attached hydrogens (tertiary/aromatic N) is 1. The fourth-order valence-electron chi connectivity index (χ4n) is 2.78. The average molecular weight is 452 g/mol. The van der Waals surface area contributed by atoms with E-state index in [0.29, 0.717) is 17.1 Å². The number of nitro groups is 1. The number of nitro benzene ring substituents is 1. The maximum absolute atomic E-state index is 12.5. The number of nitrogens with one attached hydrogen (secondary N) is 2. The van der Waals surface area contributed by atoms with Crippen LogP contribution in [0.15, 0.2) is 77.7 Å². The van der Waals surface area contributed by atoms with Crippen LogP contribution in [0.1, 0.15) is 17.3 Å². The molecule has 9 heteroatoms. The minimum atomic E-state index is -0.547. The monoisotopic (exact) mass is 451 g/mol. The average Bonchev–Trinajstić information content (AvgIpc) is 2.80. The fraction of sp³-hybridized carbons (Fsp3) is 0.130. The number of carbonyl (C=O) groups is 2. The fourth-order valence-corrected chi connectivity index (χ4v) is 3.65. The second kappa shape index (κ2) is 10.5. The molecule has 164 valence electrons. The van der Waals surface area contributed by atoms with Gasteiger partial charge in [-0.05, 0) is 49.4 Å². The Hall–Kier alpha value is -3.85. The Labute approximate surface area is 189 Å². The van der Waals surface area contributed by atoms with Gasteiger partial charge in [-0.1, -0.05) is 12.1 Å². The molecular weight excluding hydrogens is 430 g/mol. The third kappa shape index (κ3) is 6.08. The van der Waals surface area contributed by atoms with Crippen LogP contribution in [0, 0.1) is 10.1 Å². The molecule has 1 atom stereocenters. The number of hydrogen-bond acceptors (Lipinski definition) is 6. The summed E-state index contributed by atoms with van der Waals surface area (Å²) in [7, 11) is 1.56. The van der Waals surface area contributed by atoms with Gasteiger partial charge in [0.05, 0.1) is 17.3 Å². The minimum absolute atomic E-state index is 0.147. The molecule has 3 aromatic carbocycles. The van der Waals surface area contributed by atoms with Gasteiger partial charge in [-0.25, -0.2) is 0 Å². The van der Waals surface area contributed by atoms with Crippen LogP contribution < -0.4 is 15.4 Å². The molecule has 1 unspecified atom stereocenters. The topological polar surface area (TPSA) is 111 Å². The first-order valence-corrected chi connectivity index (χ1v) is 10.5. The van der Waals surface area contributed by atoms with E-state index in [0.717, 1.165) is 4.90 Å². The summed E-state index contributed by atoms with van der Waals surface area (Å²) in [5.74, 6) is 0.0669. The van der Waals surface area contributed by atoms with Gasteiger partial charge in [0.1, 0.15) is 5.75 Å². The van der Waals surface area contributed by atoms with Gasteiger partial charge in [0.2, 0.25) is 5.91 Å². The first kappa shape index (κ1) is 22.8. The Morgan fingerprint density at radius 2 is 1.69 bits per heavy atom. The first-order chi connectivity index (χ1) is 15.4. The van der Waals surface area contributed by atoms with E-state index < -0.39 is 10.8 Å². The normalized spacial score (nSPS) is 11.3. The molecule has 3 rings (SSSR count). The van der Waals surface area contributed by atoms with E-state index >= 15 is 0 Å². The second-order valence-electron chi connectivity index (χ2n) is 6.77. The summed E-state index contributed by atoms with van der Waals surface area (Å²) in [5.41, 5.74) is 1.24. The van der Waals surface area contributed by atoms with Crippen LogP contribution in [0.3, 0.4) is 0 Å².